The van der Waals surface area contributed by atoms with Gasteiger partial charge in [-0.1, -0.05) is 0 Å². The van der Waals surface area contributed by atoms with E-state index in [9.17, 15) is 4.79 Å². The molecule has 80 valence electrons. The molecule has 0 bridgehead atoms. The summed E-state index contributed by atoms with van der Waals surface area (Å²) >= 11 is 0. The van der Waals surface area contributed by atoms with Gasteiger partial charge in [0.25, 0.3) is 0 Å². The van der Waals surface area contributed by atoms with Crippen LogP contribution in [0, 0.1) is 11.8 Å². The van der Waals surface area contributed by atoms with Crippen LogP contribution in [-0.4, -0.2) is 43.9 Å². The Morgan fingerprint density at radius 2 is 2.29 bits per heavy atom. The first-order valence-electron chi connectivity index (χ1n) is 5.59. The standard InChI is InChI=1S/C11H20N2O/c1-13(2)7-8-6-12-9-4-3-5-10(14)11(8)9/h8-9,11-12H,3-7H2,1-2H3. The minimum absolute atomic E-state index is 0.311. The highest BCUT2D eigenvalue weighted by Crippen LogP contribution is 2.32. The minimum atomic E-state index is 0.311. The lowest BCUT2D eigenvalue weighted by Gasteiger charge is -2.28. The maximum Gasteiger partial charge on any atom is 0.137 e. The second kappa shape index (κ2) is 3.99. The number of nitrogens with one attached hydrogen (secondary N) is 1. The van der Waals surface area contributed by atoms with Gasteiger partial charge in [-0.3, -0.25) is 4.79 Å². The van der Waals surface area contributed by atoms with Crippen molar-refractivity contribution in [1.82, 2.24) is 10.2 Å². The molecule has 2 aliphatic rings. The number of hydrogen-bond donors (Lipinski definition) is 1. The molecule has 0 spiro atoms. The molecule has 1 saturated carbocycles. The van der Waals surface area contributed by atoms with E-state index < -0.39 is 0 Å². The lowest BCUT2D eigenvalue weighted by Crippen LogP contribution is -2.38. The average molecular weight is 196 g/mol. The van der Waals surface area contributed by atoms with Gasteiger partial charge in [-0.25, -0.2) is 0 Å². The molecular weight excluding hydrogens is 176 g/mol. The molecule has 1 N–H and O–H groups in total. The Kier molecular flexibility index (Phi) is 2.88. The van der Waals surface area contributed by atoms with E-state index in [2.05, 4.69) is 24.3 Å². The predicted octanol–water partition coefficient (Wildman–Crippen LogP) is 0.505. The smallest absolute Gasteiger partial charge is 0.137 e. The molecule has 1 saturated heterocycles. The zero-order chi connectivity index (χ0) is 10.1. The summed E-state index contributed by atoms with van der Waals surface area (Å²) in [7, 11) is 4.17. The third kappa shape index (κ3) is 1.84. The Hall–Kier alpha value is -0.410. The van der Waals surface area contributed by atoms with Gasteiger partial charge in [-0.05, 0) is 32.9 Å². The quantitative estimate of drug-likeness (QED) is 0.698. The van der Waals surface area contributed by atoms with E-state index in [0.29, 0.717) is 23.7 Å². The topological polar surface area (TPSA) is 32.3 Å². The predicted molar refractivity (Wildman–Crippen MR) is 56.2 cm³/mol. The second-order valence-corrected chi connectivity index (χ2v) is 4.92. The molecule has 3 unspecified atom stereocenters. The van der Waals surface area contributed by atoms with Crippen molar-refractivity contribution in [2.75, 3.05) is 27.2 Å². The largest absolute Gasteiger partial charge is 0.313 e. The first kappa shape index (κ1) is 10.1. The summed E-state index contributed by atoms with van der Waals surface area (Å²) in [6.07, 6.45) is 3.09. The normalized spacial score (nSPS) is 37.6. The third-order valence-electron chi connectivity index (χ3n) is 3.49. The number of carbonyl (C=O) groups excluding carboxylic acids is 1. The lowest BCUT2D eigenvalue weighted by molar-refractivity contribution is -0.126. The van der Waals surface area contributed by atoms with E-state index in [1.165, 1.54) is 6.42 Å². The summed E-state index contributed by atoms with van der Waals surface area (Å²) in [6.45, 7) is 2.07. The number of Topliss-reactive ketones (excluding diaryl/α,β-unsaturated/α-hetero) is 1. The molecule has 0 amide bonds. The van der Waals surface area contributed by atoms with Crippen molar-refractivity contribution in [3.8, 4) is 0 Å². The Balaban J connectivity index is 2.03. The van der Waals surface area contributed by atoms with Gasteiger partial charge in [0, 0.05) is 31.5 Å². The van der Waals surface area contributed by atoms with Crippen LogP contribution in [0.3, 0.4) is 0 Å². The van der Waals surface area contributed by atoms with Gasteiger partial charge < -0.3 is 10.2 Å². The fourth-order valence-corrected chi connectivity index (χ4v) is 2.96. The molecule has 1 aliphatic carbocycles. The number of rotatable bonds is 2. The Labute approximate surface area is 85.8 Å². The molecule has 2 rings (SSSR count). The molecule has 0 radical (unpaired) electrons. The van der Waals surface area contributed by atoms with Crippen LogP contribution < -0.4 is 5.32 Å². The van der Waals surface area contributed by atoms with Gasteiger partial charge in [-0.15, -0.1) is 0 Å². The Bertz CT molecular complexity index is 227. The van der Waals surface area contributed by atoms with Crippen molar-refractivity contribution in [1.29, 1.82) is 0 Å². The molecule has 3 atom stereocenters. The van der Waals surface area contributed by atoms with Crippen molar-refractivity contribution >= 4 is 5.78 Å². The van der Waals surface area contributed by atoms with Crippen LogP contribution >= 0.6 is 0 Å². The highest BCUT2D eigenvalue weighted by Gasteiger charge is 2.42. The zero-order valence-electron chi connectivity index (χ0n) is 9.12. The summed E-state index contributed by atoms with van der Waals surface area (Å²) in [5, 5.41) is 3.50. The molecule has 0 aromatic heterocycles. The molecule has 14 heavy (non-hydrogen) atoms. The van der Waals surface area contributed by atoms with Gasteiger partial charge in [0.1, 0.15) is 5.78 Å². The highest BCUT2D eigenvalue weighted by atomic mass is 16.1. The monoisotopic (exact) mass is 196 g/mol. The van der Waals surface area contributed by atoms with Gasteiger partial charge in [0.2, 0.25) is 0 Å². The minimum Gasteiger partial charge on any atom is -0.313 e. The van der Waals surface area contributed by atoms with Crippen LogP contribution in [-0.2, 0) is 4.79 Å². The van der Waals surface area contributed by atoms with E-state index in [1.54, 1.807) is 0 Å². The Morgan fingerprint density at radius 1 is 1.50 bits per heavy atom. The fraction of sp³-hybridized carbons (Fsp3) is 0.909. The molecule has 1 heterocycles. The van der Waals surface area contributed by atoms with Crippen LogP contribution in [0.25, 0.3) is 0 Å². The van der Waals surface area contributed by atoms with Crippen molar-refractivity contribution in [3.05, 3.63) is 0 Å². The molecule has 3 nitrogen and oxygen atoms in total. The fourth-order valence-electron chi connectivity index (χ4n) is 2.96. The number of nitrogens with zero attached hydrogens (tertiary/aromatic N) is 1. The number of carbonyl (C=O) groups is 1. The molecular formula is C11H20N2O. The van der Waals surface area contributed by atoms with E-state index >= 15 is 0 Å². The molecule has 1 aliphatic heterocycles. The molecule has 0 aromatic carbocycles. The van der Waals surface area contributed by atoms with E-state index in [-0.39, 0.29) is 0 Å². The summed E-state index contributed by atoms with van der Waals surface area (Å²) in [4.78, 5) is 14.0. The number of fused-ring (bicyclic) bond motifs is 1. The SMILES string of the molecule is CN(C)CC1CNC2CCCC(=O)C12. The van der Waals surface area contributed by atoms with Gasteiger partial charge in [0.05, 0.1) is 0 Å². The average Bonchev–Trinajstić information content (AvgIpc) is 2.49. The van der Waals surface area contributed by atoms with Crippen LogP contribution in [0.15, 0.2) is 0 Å². The highest BCUT2D eigenvalue weighted by molar-refractivity contribution is 5.83. The van der Waals surface area contributed by atoms with Crippen molar-refractivity contribution < 1.29 is 4.79 Å². The molecule has 2 fully saturated rings. The van der Waals surface area contributed by atoms with E-state index in [0.717, 1.165) is 25.9 Å². The summed E-state index contributed by atoms with van der Waals surface area (Å²) in [5.74, 6) is 1.35. The van der Waals surface area contributed by atoms with Gasteiger partial charge >= 0.3 is 0 Å². The molecule has 0 aromatic rings. The molecule has 3 heteroatoms. The van der Waals surface area contributed by atoms with Crippen molar-refractivity contribution in [2.45, 2.75) is 25.3 Å². The van der Waals surface area contributed by atoms with Crippen LogP contribution in [0.4, 0.5) is 0 Å². The second-order valence-electron chi connectivity index (χ2n) is 4.92. The van der Waals surface area contributed by atoms with Crippen LogP contribution in [0.1, 0.15) is 19.3 Å². The van der Waals surface area contributed by atoms with Gasteiger partial charge in [0.15, 0.2) is 0 Å². The maximum absolute atomic E-state index is 11.8. The van der Waals surface area contributed by atoms with E-state index in [1.807, 2.05) is 0 Å². The third-order valence-corrected chi connectivity index (χ3v) is 3.49. The zero-order valence-corrected chi connectivity index (χ0v) is 9.12. The number of ketones is 1. The van der Waals surface area contributed by atoms with Crippen molar-refractivity contribution in [2.24, 2.45) is 11.8 Å². The Morgan fingerprint density at radius 3 is 3.00 bits per heavy atom. The summed E-state index contributed by atoms with van der Waals surface area (Å²) in [6, 6.07) is 0.487. The first-order valence-corrected chi connectivity index (χ1v) is 5.59. The van der Waals surface area contributed by atoms with Crippen molar-refractivity contribution in [3.63, 3.8) is 0 Å². The maximum atomic E-state index is 11.8. The summed E-state index contributed by atoms with van der Waals surface area (Å²) < 4.78 is 0. The van der Waals surface area contributed by atoms with Gasteiger partial charge in [-0.2, -0.15) is 0 Å². The first-order chi connectivity index (χ1) is 6.68. The van der Waals surface area contributed by atoms with E-state index in [4.69, 9.17) is 0 Å². The van der Waals surface area contributed by atoms with Crippen LogP contribution in [0.5, 0.6) is 0 Å². The van der Waals surface area contributed by atoms with Crippen LogP contribution in [0.2, 0.25) is 0 Å². The lowest BCUT2D eigenvalue weighted by atomic mass is 9.79. The summed E-state index contributed by atoms with van der Waals surface area (Å²) in [5.41, 5.74) is 0. The number of hydrogen-bond acceptors (Lipinski definition) is 3.